The van der Waals surface area contributed by atoms with Crippen molar-refractivity contribution in [3.05, 3.63) is 108 Å². The van der Waals surface area contributed by atoms with E-state index in [4.69, 9.17) is 0 Å². The Hall–Kier alpha value is -2.37. The molecule has 0 saturated heterocycles. The topological polar surface area (TPSA) is 17.1 Å². The first kappa shape index (κ1) is 18.4. The van der Waals surface area contributed by atoms with Crippen molar-refractivity contribution in [3.63, 3.8) is 0 Å². The van der Waals surface area contributed by atoms with E-state index in [0.717, 1.165) is 23.5 Å². The molecule has 0 bridgehead atoms. The molecule has 0 saturated carbocycles. The number of hydrogen-bond acceptors (Lipinski definition) is 1. The fraction of sp³-hybridized carbons (Fsp3) is 0.167. The van der Waals surface area contributed by atoms with E-state index in [1.165, 1.54) is 11.1 Å². The normalized spacial score (nSPS) is 12.1. The van der Waals surface area contributed by atoms with Gasteiger partial charge in [-0.3, -0.25) is 0 Å². The molecule has 26 heavy (non-hydrogen) atoms. The van der Waals surface area contributed by atoms with Crippen LogP contribution in [0.25, 0.3) is 0 Å². The van der Waals surface area contributed by atoms with Crippen molar-refractivity contribution in [1.82, 2.24) is 0 Å². The molecular weight excluding hydrogens is 335 g/mol. The van der Waals surface area contributed by atoms with Crippen molar-refractivity contribution in [2.24, 2.45) is 0 Å². The van der Waals surface area contributed by atoms with Gasteiger partial charge in [-0.2, -0.15) is 0 Å². The van der Waals surface area contributed by atoms with E-state index in [1.807, 2.05) is 66.7 Å². The first-order valence-corrected chi connectivity index (χ1v) is 11.0. The summed E-state index contributed by atoms with van der Waals surface area (Å²) < 4.78 is 14.0. The lowest BCUT2D eigenvalue weighted by atomic mass is 10.1. The van der Waals surface area contributed by atoms with Gasteiger partial charge in [0.05, 0.1) is 0 Å². The van der Waals surface area contributed by atoms with Gasteiger partial charge in [0.2, 0.25) is 0 Å². The van der Waals surface area contributed by atoms with Crippen molar-refractivity contribution in [1.29, 1.82) is 0 Å². The molecule has 1 nitrogen and oxygen atoms in total. The molecule has 0 fully saturated rings. The van der Waals surface area contributed by atoms with Crippen LogP contribution in [0, 0.1) is 0 Å². The van der Waals surface area contributed by atoms with Crippen molar-refractivity contribution in [3.8, 4) is 0 Å². The second kappa shape index (κ2) is 8.83. The van der Waals surface area contributed by atoms with Crippen LogP contribution in [0.3, 0.4) is 0 Å². The highest BCUT2D eigenvalue weighted by Gasteiger charge is 2.25. The van der Waals surface area contributed by atoms with Crippen molar-refractivity contribution in [2.75, 3.05) is 6.16 Å². The van der Waals surface area contributed by atoms with E-state index in [-0.39, 0.29) is 0 Å². The Morgan fingerprint density at radius 3 is 1.73 bits per heavy atom. The summed E-state index contributed by atoms with van der Waals surface area (Å²) in [6.07, 6.45) is 4.75. The lowest BCUT2D eigenvalue weighted by molar-refractivity contribution is 0.588. The fourth-order valence-electron chi connectivity index (χ4n) is 3.07. The molecule has 0 heterocycles. The van der Waals surface area contributed by atoms with Crippen LogP contribution in [0.5, 0.6) is 0 Å². The van der Waals surface area contributed by atoms with Crippen molar-refractivity contribution in [2.45, 2.75) is 19.8 Å². The Kier molecular flexibility index (Phi) is 6.26. The molecule has 0 N–H and O–H groups in total. The zero-order valence-electron chi connectivity index (χ0n) is 15.2. The first-order valence-electron chi connectivity index (χ1n) is 9.08. The lowest BCUT2D eigenvalue weighted by Gasteiger charge is -2.18. The van der Waals surface area contributed by atoms with Crippen molar-refractivity contribution < 1.29 is 4.57 Å². The van der Waals surface area contributed by atoms with Gasteiger partial charge in [0.1, 0.15) is 7.14 Å². The molecule has 2 heteroatoms. The predicted octanol–water partition coefficient (Wildman–Crippen LogP) is 5.58. The summed E-state index contributed by atoms with van der Waals surface area (Å²) in [5.74, 6) is 0. The summed E-state index contributed by atoms with van der Waals surface area (Å²) in [6.45, 7) is 2.14. The average Bonchev–Trinajstić information content (AvgIpc) is 2.72. The highest BCUT2D eigenvalue weighted by Crippen LogP contribution is 2.43. The summed E-state index contributed by atoms with van der Waals surface area (Å²) in [7, 11) is -2.65. The first-order chi connectivity index (χ1) is 12.7. The van der Waals surface area contributed by atoms with Crippen molar-refractivity contribution >= 4 is 17.8 Å². The third kappa shape index (κ3) is 4.62. The minimum atomic E-state index is -2.65. The molecule has 0 amide bonds. The highest BCUT2D eigenvalue weighted by molar-refractivity contribution is 7.78. The van der Waals surface area contributed by atoms with Crippen LogP contribution in [0.1, 0.15) is 18.9 Å². The van der Waals surface area contributed by atoms with Gasteiger partial charge in [-0.1, -0.05) is 103 Å². The Morgan fingerprint density at radius 1 is 0.769 bits per heavy atom. The average molecular weight is 360 g/mol. The van der Waals surface area contributed by atoms with Gasteiger partial charge in [0, 0.05) is 16.8 Å². The minimum Gasteiger partial charge on any atom is -0.313 e. The van der Waals surface area contributed by atoms with E-state index in [1.54, 1.807) is 0 Å². The van der Waals surface area contributed by atoms with Gasteiger partial charge < -0.3 is 4.57 Å². The van der Waals surface area contributed by atoms with Crippen LogP contribution in [0.4, 0.5) is 0 Å². The smallest absolute Gasteiger partial charge is 0.146 e. The maximum atomic E-state index is 14.0. The molecule has 0 unspecified atom stereocenters. The van der Waals surface area contributed by atoms with Crippen LogP contribution < -0.4 is 10.6 Å². The number of allylic oxidation sites excluding steroid dienone is 2. The fourth-order valence-corrected chi connectivity index (χ4v) is 5.67. The summed E-state index contributed by atoms with van der Waals surface area (Å²) >= 11 is 0. The molecule has 0 aliphatic rings. The molecule has 132 valence electrons. The number of rotatable bonds is 7. The zero-order chi connectivity index (χ0) is 18.2. The Bertz CT molecular complexity index is 840. The van der Waals surface area contributed by atoms with Gasteiger partial charge in [-0.25, -0.2) is 0 Å². The Morgan fingerprint density at radius 2 is 1.23 bits per heavy atom. The number of aryl methyl sites for hydroxylation is 1. The monoisotopic (exact) mass is 360 g/mol. The summed E-state index contributed by atoms with van der Waals surface area (Å²) in [5, 5.41) is 1.86. The molecule has 3 aromatic rings. The minimum absolute atomic E-state index is 0.571. The van der Waals surface area contributed by atoms with Crippen LogP contribution in [0.2, 0.25) is 0 Å². The van der Waals surface area contributed by atoms with E-state index in [2.05, 4.69) is 37.3 Å². The van der Waals surface area contributed by atoms with Gasteiger partial charge in [-0.05, 0) is 25.3 Å². The molecule has 0 aliphatic heterocycles. The van der Waals surface area contributed by atoms with Crippen LogP contribution in [-0.4, -0.2) is 6.16 Å². The SMILES string of the molecule is C/C(=C/CP(=O)(c1ccccc1)c1ccccc1)CCc1ccccc1. The predicted molar refractivity (Wildman–Crippen MR) is 113 cm³/mol. The molecule has 3 rings (SSSR count). The number of benzene rings is 3. The lowest BCUT2D eigenvalue weighted by Crippen LogP contribution is -2.17. The molecule has 0 radical (unpaired) electrons. The largest absolute Gasteiger partial charge is 0.313 e. The molecule has 0 atom stereocenters. The quantitative estimate of drug-likeness (QED) is 0.397. The van der Waals surface area contributed by atoms with Gasteiger partial charge >= 0.3 is 0 Å². The Balaban J connectivity index is 1.79. The van der Waals surface area contributed by atoms with Gasteiger partial charge in [-0.15, -0.1) is 0 Å². The highest BCUT2D eigenvalue weighted by atomic mass is 31.2. The maximum absolute atomic E-state index is 14.0. The van der Waals surface area contributed by atoms with E-state index in [9.17, 15) is 4.57 Å². The molecule has 0 aromatic heterocycles. The maximum Gasteiger partial charge on any atom is 0.146 e. The van der Waals surface area contributed by atoms with E-state index < -0.39 is 7.14 Å². The number of hydrogen-bond donors (Lipinski definition) is 0. The van der Waals surface area contributed by atoms with Crippen LogP contribution in [0.15, 0.2) is 103 Å². The summed E-state index contributed by atoms with van der Waals surface area (Å²) in [6, 6.07) is 30.3. The zero-order valence-corrected chi connectivity index (χ0v) is 16.1. The molecule has 0 spiro atoms. The van der Waals surface area contributed by atoms with Gasteiger partial charge in [0.15, 0.2) is 0 Å². The Labute approximate surface area is 156 Å². The molecular formula is C24H25OP. The standard InChI is InChI=1S/C24H25OP/c1-21(17-18-22-11-5-2-6-12-22)19-20-26(25,23-13-7-3-8-14-23)24-15-9-4-10-16-24/h2-16,19H,17-18,20H2,1H3/b21-19-. The van der Waals surface area contributed by atoms with E-state index in [0.29, 0.717) is 6.16 Å². The third-order valence-corrected chi connectivity index (χ3v) is 7.66. The van der Waals surface area contributed by atoms with Crippen LogP contribution >= 0.6 is 7.14 Å². The van der Waals surface area contributed by atoms with Crippen LogP contribution in [-0.2, 0) is 11.0 Å². The second-order valence-corrected chi connectivity index (χ2v) is 9.51. The third-order valence-electron chi connectivity index (χ3n) is 4.69. The van der Waals surface area contributed by atoms with E-state index >= 15 is 0 Å². The summed E-state index contributed by atoms with van der Waals surface area (Å²) in [4.78, 5) is 0. The summed E-state index contributed by atoms with van der Waals surface area (Å²) in [5.41, 5.74) is 2.63. The second-order valence-electron chi connectivity index (χ2n) is 6.63. The molecule has 0 aliphatic carbocycles. The molecule has 3 aromatic carbocycles. The van der Waals surface area contributed by atoms with Gasteiger partial charge in [0.25, 0.3) is 0 Å².